The Bertz CT molecular complexity index is 890. The van der Waals surface area contributed by atoms with Crippen molar-refractivity contribution in [2.24, 2.45) is 0 Å². The molecule has 0 saturated heterocycles. The zero-order valence-corrected chi connectivity index (χ0v) is 13.7. The highest BCUT2D eigenvalue weighted by molar-refractivity contribution is 7.85. The number of rotatable bonds is 5. The first-order chi connectivity index (χ1) is 11.2. The van der Waals surface area contributed by atoms with Crippen molar-refractivity contribution in [2.75, 3.05) is 35.7 Å². The van der Waals surface area contributed by atoms with Crippen molar-refractivity contribution >= 4 is 27.6 Å². The van der Waals surface area contributed by atoms with Gasteiger partial charge in [-0.3, -0.25) is 4.55 Å². The summed E-state index contributed by atoms with van der Waals surface area (Å²) in [6.07, 6.45) is 0. The third-order valence-electron chi connectivity index (χ3n) is 3.33. The minimum Gasteiger partial charge on any atom is -0.382 e. The van der Waals surface area contributed by atoms with Crippen LogP contribution in [0.5, 0.6) is 0 Å². The summed E-state index contributed by atoms with van der Waals surface area (Å²) in [6, 6.07) is 8.83. The standard InChI is InChI=1S/C14H16N6O3S/c1-20(6-7-24(21,22)23)10-4-2-9(3-5-10)12-11(8-15)13(16)19-14(17)18-12/h2-5H,6-7H2,1H3,(H,21,22,23)(H4,16,17,18,19). The average Bonchev–Trinajstić information content (AvgIpc) is 2.51. The molecule has 0 saturated carbocycles. The Morgan fingerprint density at radius 3 is 2.42 bits per heavy atom. The number of nitrogen functional groups attached to an aromatic ring is 2. The van der Waals surface area contributed by atoms with Gasteiger partial charge in [-0.25, -0.2) is 4.98 Å². The molecule has 0 atom stereocenters. The van der Waals surface area contributed by atoms with Crippen LogP contribution in [0.25, 0.3) is 11.3 Å². The van der Waals surface area contributed by atoms with Gasteiger partial charge in [0.15, 0.2) is 0 Å². The molecule has 0 spiro atoms. The van der Waals surface area contributed by atoms with Crippen LogP contribution in [-0.2, 0) is 10.1 Å². The van der Waals surface area contributed by atoms with Gasteiger partial charge in [0.1, 0.15) is 17.5 Å². The third-order valence-corrected chi connectivity index (χ3v) is 4.03. The van der Waals surface area contributed by atoms with Gasteiger partial charge in [-0.1, -0.05) is 12.1 Å². The molecule has 0 bridgehead atoms. The van der Waals surface area contributed by atoms with E-state index in [4.69, 9.17) is 16.0 Å². The van der Waals surface area contributed by atoms with E-state index in [0.29, 0.717) is 11.3 Å². The molecule has 1 aromatic heterocycles. The predicted molar refractivity (Wildman–Crippen MR) is 90.7 cm³/mol. The maximum atomic E-state index is 10.8. The summed E-state index contributed by atoms with van der Waals surface area (Å²) in [5, 5.41) is 9.20. The molecule has 126 valence electrons. The van der Waals surface area contributed by atoms with Gasteiger partial charge in [0.05, 0.1) is 11.4 Å². The Kier molecular flexibility index (Phi) is 4.87. The van der Waals surface area contributed by atoms with Crippen molar-refractivity contribution in [2.45, 2.75) is 0 Å². The van der Waals surface area contributed by atoms with Crippen LogP contribution in [-0.4, -0.2) is 42.3 Å². The molecular formula is C14H16N6O3S. The lowest BCUT2D eigenvalue weighted by molar-refractivity contribution is 0.483. The maximum absolute atomic E-state index is 10.8. The van der Waals surface area contributed by atoms with E-state index in [1.54, 1.807) is 36.2 Å². The first-order valence-electron chi connectivity index (χ1n) is 6.81. The van der Waals surface area contributed by atoms with E-state index in [0.717, 1.165) is 5.69 Å². The largest absolute Gasteiger partial charge is 0.382 e. The number of benzene rings is 1. The summed E-state index contributed by atoms with van der Waals surface area (Å²) in [5.41, 5.74) is 13.1. The molecular weight excluding hydrogens is 332 g/mol. The van der Waals surface area contributed by atoms with Gasteiger partial charge in [-0.15, -0.1) is 0 Å². The van der Waals surface area contributed by atoms with Gasteiger partial charge in [-0.2, -0.15) is 18.7 Å². The van der Waals surface area contributed by atoms with Crippen LogP contribution in [0.1, 0.15) is 5.56 Å². The maximum Gasteiger partial charge on any atom is 0.266 e. The lowest BCUT2D eigenvalue weighted by Crippen LogP contribution is -2.24. The third kappa shape index (κ3) is 4.09. The Hall–Kier alpha value is -2.90. The van der Waals surface area contributed by atoms with Crippen LogP contribution in [0, 0.1) is 11.3 Å². The fourth-order valence-electron chi connectivity index (χ4n) is 2.07. The van der Waals surface area contributed by atoms with Gasteiger partial charge in [-0.05, 0) is 12.1 Å². The van der Waals surface area contributed by atoms with Gasteiger partial charge < -0.3 is 16.4 Å². The minimum atomic E-state index is -4.02. The van der Waals surface area contributed by atoms with Crippen molar-refractivity contribution in [3.63, 3.8) is 0 Å². The Balaban J connectivity index is 2.29. The van der Waals surface area contributed by atoms with Crippen LogP contribution in [0.2, 0.25) is 0 Å². The monoisotopic (exact) mass is 348 g/mol. The SMILES string of the molecule is CN(CCS(=O)(=O)O)c1ccc(-c2nc(N)nc(N)c2C#N)cc1. The molecule has 5 N–H and O–H groups in total. The minimum absolute atomic E-state index is 0.00865. The fourth-order valence-corrected chi connectivity index (χ4v) is 2.57. The number of hydrogen-bond donors (Lipinski definition) is 3. The predicted octanol–water partition coefficient (Wildman–Crippen LogP) is 0.504. The van der Waals surface area contributed by atoms with Gasteiger partial charge in [0.25, 0.3) is 10.1 Å². The lowest BCUT2D eigenvalue weighted by atomic mass is 10.1. The molecule has 0 aliphatic heterocycles. The second kappa shape index (κ2) is 6.69. The molecule has 0 amide bonds. The first-order valence-corrected chi connectivity index (χ1v) is 8.42. The average molecular weight is 348 g/mol. The zero-order valence-electron chi connectivity index (χ0n) is 12.8. The quantitative estimate of drug-likeness (QED) is 0.654. The molecule has 0 radical (unpaired) electrons. The van der Waals surface area contributed by atoms with E-state index < -0.39 is 10.1 Å². The number of hydrogen-bond acceptors (Lipinski definition) is 8. The molecule has 9 nitrogen and oxygen atoms in total. The summed E-state index contributed by atoms with van der Waals surface area (Å²) in [4.78, 5) is 9.49. The first kappa shape index (κ1) is 17.5. The van der Waals surface area contributed by atoms with Crippen LogP contribution in [0.4, 0.5) is 17.5 Å². The highest BCUT2D eigenvalue weighted by atomic mass is 32.2. The number of anilines is 3. The summed E-state index contributed by atoms with van der Waals surface area (Å²) >= 11 is 0. The van der Waals surface area contributed by atoms with E-state index >= 15 is 0 Å². The van der Waals surface area contributed by atoms with Gasteiger partial charge in [0.2, 0.25) is 5.95 Å². The normalized spacial score (nSPS) is 11.0. The molecule has 24 heavy (non-hydrogen) atoms. The van der Waals surface area contributed by atoms with Gasteiger partial charge >= 0.3 is 0 Å². The highest BCUT2D eigenvalue weighted by Gasteiger charge is 2.14. The number of nitriles is 1. The fraction of sp³-hybridized carbons (Fsp3) is 0.214. The smallest absolute Gasteiger partial charge is 0.266 e. The molecule has 0 fully saturated rings. The summed E-state index contributed by atoms with van der Waals surface area (Å²) in [5.74, 6) is -0.395. The molecule has 1 aromatic carbocycles. The zero-order chi connectivity index (χ0) is 17.9. The van der Waals surface area contributed by atoms with E-state index in [-0.39, 0.29) is 29.6 Å². The van der Waals surface area contributed by atoms with E-state index in [1.165, 1.54) is 0 Å². The molecule has 10 heteroatoms. The number of nitrogens with two attached hydrogens (primary N) is 2. The van der Waals surface area contributed by atoms with Crippen molar-refractivity contribution in [3.8, 4) is 17.3 Å². The summed E-state index contributed by atoms with van der Waals surface area (Å²) < 4.78 is 30.4. The second-order valence-electron chi connectivity index (χ2n) is 5.06. The van der Waals surface area contributed by atoms with Crippen molar-refractivity contribution in [1.82, 2.24) is 9.97 Å². The molecule has 2 aromatic rings. The van der Waals surface area contributed by atoms with Crippen LogP contribution >= 0.6 is 0 Å². The van der Waals surface area contributed by atoms with Crippen molar-refractivity contribution in [3.05, 3.63) is 29.8 Å². The highest BCUT2D eigenvalue weighted by Crippen LogP contribution is 2.27. The van der Waals surface area contributed by atoms with Crippen molar-refractivity contribution in [1.29, 1.82) is 5.26 Å². The Labute approximate surface area is 139 Å². The topological polar surface area (TPSA) is 159 Å². The Morgan fingerprint density at radius 1 is 1.25 bits per heavy atom. The number of aromatic nitrogens is 2. The number of nitrogens with zero attached hydrogens (tertiary/aromatic N) is 4. The summed E-state index contributed by atoms with van der Waals surface area (Å²) in [7, 11) is -2.32. The summed E-state index contributed by atoms with van der Waals surface area (Å²) in [6.45, 7) is 0.134. The molecule has 1 heterocycles. The van der Waals surface area contributed by atoms with Gasteiger partial charge in [0, 0.05) is 24.8 Å². The molecule has 2 rings (SSSR count). The van der Waals surface area contributed by atoms with Crippen LogP contribution in [0.3, 0.4) is 0 Å². The van der Waals surface area contributed by atoms with E-state index in [9.17, 15) is 13.7 Å². The lowest BCUT2D eigenvalue weighted by Gasteiger charge is -2.18. The van der Waals surface area contributed by atoms with E-state index in [1.807, 2.05) is 6.07 Å². The van der Waals surface area contributed by atoms with E-state index in [2.05, 4.69) is 9.97 Å². The Morgan fingerprint density at radius 2 is 1.88 bits per heavy atom. The van der Waals surface area contributed by atoms with Crippen LogP contribution < -0.4 is 16.4 Å². The van der Waals surface area contributed by atoms with Crippen LogP contribution in [0.15, 0.2) is 24.3 Å². The molecule has 0 aliphatic rings. The van der Waals surface area contributed by atoms with Crippen molar-refractivity contribution < 1.29 is 13.0 Å². The molecule has 0 aliphatic carbocycles. The second-order valence-corrected chi connectivity index (χ2v) is 6.63. The molecule has 0 unspecified atom stereocenters.